The van der Waals surface area contributed by atoms with Crippen LogP contribution >= 0.6 is 0 Å². The molecule has 1 amide bonds. The Balaban J connectivity index is 1.50. The highest BCUT2D eigenvalue weighted by Crippen LogP contribution is 2.36. The fourth-order valence-electron chi connectivity index (χ4n) is 5.80. The molecule has 0 radical (unpaired) electrons. The average molecular weight is 542 g/mol. The summed E-state index contributed by atoms with van der Waals surface area (Å²) in [6.45, 7) is 4.77. The van der Waals surface area contributed by atoms with Gasteiger partial charge in [0, 0.05) is 36.3 Å². The van der Waals surface area contributed by atoms with Crippen molar-refractivity contribution in [3.63, 3.8) is 0 Å². The number of amides is 1. The van der Waals surface area contributed by atoms with E-state index in [0.717, 1.165) is 53.3 Å². The molecule has 8 nitrogen and oxygen atoms in total. The second-order valence-electron chi connectivity index (χ2n) is 11.6. The summed E-state index contributed by atoms with van der Waals surface area (Å²) in [6, 6.07) is 17.3. The first-order valence-electron chi connectivity index (χ1n) is 14.2. The minimum Gasteiger partial charge on any atom is -0.462 e. The SMILES string of the molecule is CC(C)COC(=O)c1cc(CN2c3cc(C(=N)N)ccc3CC2C(=O)N[C@H]2CC[C@H](N)CC2)c2ccccc2c1. The molecule has 0 saturated heterocycles. The fourth-order valence-corrected chi connectivity index (χ4v) is 5.80. The molecule has 6 N–H and O–H groups in total. The molecule has 8 heteroatoms. The molecule has 0 spiro atoms. The average Bonchev–Trinajstić information content (AvgIpc) is 3.30. The lowest BCUT2D eigenvalue weighted by atomic mass is 9.91. The number of benzene rings is 3. The standard InChI is InChI=1S/C32H39N5O3/c1-19(2)18-40-32(39)23-13-20-5-3-4-6-27(20)24(14-23)17-37-28-16-22(30(34)35)8-7-21(28)15-29(37)31(38)36-26-11-9-25(33)10-12-26/h3-8,13-14,16,19,25-26,29H,9-12,15,17-18,33H2,1-2H3,(H3,34,35)(H,36,38)/t25-,26-,29?. The topological polar surface area (TPSA) is 135 Å². The van der Waals surface area contributed by atoms with Crippen molar-refractivity contribution in [3.05, 3.63) is 76.9 Å². The number of anilines is 1. The van der Waals surface area contributed by atoms with Gasteiger partial charge < -0.3 is 26.4 Å². The molecule has 3 aromatic rings. The van der Waals surface area contributed by atoms with Gasteiger partial charge in [-0.05, 0) is 71.7 Å². The Hall–Kier alpha value is -3.91. The van der Waals surface area contributed by atoms with Gasteiger partial charge in [0.1, 0.15) is 11.9 Å². The van der Waals surface area contributed by atoms with Gasteiger partial charge in [0.25, 0.3) is 0 Å². The highest BCUT2D eigenvalue weighted by Gasteiger charge is 2.36. The lowest BCUT2D eigenvalue weighted by molar-refractivity contribution is -0.123. The van der Waals surface area contributed by atoms with Crippen LogP contribution in [0.4, 0.5) is 5.69 Å². The van der Waals surface area contributed by atoms with Crippen LogP contribution in [0.2, 0.25) is 0 Å². The molecule has 210 valence electrons. The Bertz CT molecular complexity index is 1430. The maximum atomic E-state index is 13.7. The van der Waals surface area contributed by atoms with E-state index in [1.54, 1.807) is 0 Å². The summed E-state index contributed by atoms with van der Waals surface area (Å²) < 4.78 is 5.55. The zero-order valence-electron chi connectivity index (χ0n) is 23.3. The molecule has 3 aromatic carbocycles. The number of nitrogens with one attached hydrogen (secondary N) is 2. The predicted molar refractivity (Wildman–Crippen MR) is 159 cm³/mol. The van der Waals surface area contributed by atoms with Crippen molar-refractivity contribution in [3.8, 4) is 0 Å². The predicted octanol–water partition coefficient (Wildman–Crippen LogP) is 4.25. The van der Waals surface area contributed by atoms with E-state index in [-0.39, 0.29) is 35.7 Å². The highest BCUT2D eigenvalue weighted by atomic mass is 16.5. The lowest BCUT2D eigenvalue weighted by Crippen LogP contribution is -2.49. The van der Waals surface area contributed by atoms with Crippen molar-refractivity contribution >= 4 is 34.2 Å². The largest absolute Gasteiger partial charge is 0.462 e. The van der Waals surface area contributed by atoms with E-state index in [4.69, 9.17) is 21.6 Å². The molecule has 40 heavy (non-hydrogen) atoms. The summed E-state index contributed by atoms with van der Waals surface area (Å²) in [4.78, 5) is 28.8. The molecule has 2 aliphatic rings. The molecule has 1 atom stereocenters. The lowest BCUT2D eigenvalue weighted by Gasteiger charge is -2.31. The van der Waals surface area contributed by atoms with Gasteiger partial charge in [0.15, 0.2) is 0 Å². The van der Waals surface area contributed by atoms with Gasteiger partial charge in [0.2, 0.25) is 5.91 Å². The summed E-state index contributed by atoms with van der Waals surface area (Å²) in [5.74, 6) is -0.154. The normalized spacial score (nSPS) is 20.4. The van der Waals surface area contributed by atoms with E-state index in [1.165, 1.54) is 0 Å². The summed E-state index contributed by atoms with van der Waals surface area (Å²) in [5.41, 5.74) is 15.9. The van der Waals surface area contributed by atoms with Crippen LogP contribution in [0.15, 0.2) is 54.6 Å². The number of carbonyl (C=O) groups is 2. The minimum absolute atomic E-state index is 0.0159. The van der Waals surface area contributed by atoms with Gasteiger partial charge in [-0.15, -0.1) is 0 Å². The molecule has 1 unspecified atom stereocenters. The number of amidine groups is 1. The number of nitrogens with zero attached hydrogens (tertiary/aromatic N) is 1. The number of fused-ring (bicyclic) bond motifs is 2. The zero-order valence-corrected chi connectivity index (χ0v) is 23.3. The first-order valence-corrected chi connectivity index (χ1v) is 14.2. The third-order valence-corrected chi connectivity index (χ3v) is 7.99. The van der Waals surface area contributed by atoms with E-state index in [0.29, 0.717) is 30.7 Å². The monoisotopic (exact) mass is 541 g/mol. The quantitative estimate of drug-likeness (QED) is 0.191. The number of carbonyl (C=O) groups excluding carboxylic acids is 2. The van der Waals surface area contributed by atoms with Crippen LogP contribution in [0.3, 0.4) is 0 Å². The van der Waals surface area contributed by atoms with E-state index < -0.39 is 6.04 Å². The van der Waals surface area contributed by atoms with Crippen LogP contribution in [0.5, 0.6) is 0 Å². The molecule has 1 fully saturated rings. The molecule has 5 rings (SSSR count). The van der Waals surface area contributed by atoms with Crippen molar-refractivity contribution < 1.29 is 14.3 Å². The Morgan fingerprint density at radius 1 is 1.05 bits per heavy atom. The van der Waals surface area contributed by atoms with Crippen LogP contribution in [-0.4, -0.2) is 42.4 Å². The fraction of sp³-hybridized carbons (Fsp3) is 0.406. The number of ether oxygens (including phenoxy) is 1. The van der Waals surface area contributed by atoms with E-state index >= 15 is 0 Å². The van der Waals surface area contributed by atoms with Crippen molar-refractivity contribution in [2.45, 2.75) is 70.6 Å². The maximum absolute atomic E-state index is 13.7. The van der Waals surface area contributed by atoms with Crippen LogP contribution in [0.25, 0.3) is 10.8 Å². The van der Waals surface area contributed by atoms with E-state index in [1.807, 2.05) is 68.4 Å². The first kappa shape index (κ1) is 27.6. The molecular formula is C32H39N5O3. The van der Waals surface area contributed by atoms with Crippen LogP contribution in [-0.2, 0) is 22.5 Å². The first-order chi connectivity index (χ1) is 19.2. The Morgan fingerprint density at radius 3 is 2.52 bits per heavy atom. The van der Waals surface area contributed by atoms with Crippen molar-refractivity contribution in [2.75, 3.05) is 11.5 Å². The number of nitrogens with two attached hydrogens (primary N) is 2. The summed E-state index contributed by atoms with van der Waals surface area (Å²) >= 11 is 0. The van der Waals surface area contributed by atoms with Gasteiger partial charge >= 0.3 is 5.97 Å². The van der Waals surface area contributed by atoms with E-state index in [2.05, 4.69) is 10.2 Å². The highest BCUT2D eigenvalue weighted by molar-refractivity contribution is 5.99. The Morgan fingerprint density at radius 2 is 1.80 bits per heavy atom. The molecular weight excluding hydrogens is 502 g/mol. The van der Waals surface area contributed by atoms with Crippen LogP contribution in [0.1, 0.15) is 66.6 Å². The molecule has 1 aliphatic heterocycles. The number of esters is 1. The summed E-state index contributed by atoms with van der Waals surface area (Å²) in [6.07, 6.45) is 4.14. The number of hydrogen-bond donors (Lipinski definition) is 4. The van der Waals surface area contributed by atoms with Crippen molar-refractivity contribution in [1.82, 2.24) is 5.32 Å². The molecule has 0 bridgehead atoms. The second-order valence-corrected chi connectivity index (χ2v) is 11.6. The third kappa shape index (κ3) is 5.97. The van der Waals surface area contributed by atoms with E-state index in [9.17, 15) is 9.59 Å². The van der Waals surface area contributed by atoms with Crippen LogP contribution in [0, 0.1) is 11.3 Å². The second kappa shape index (κ2) is 11.7. The number of rotatable bonds is 8. The van der Waals surface area contributed by atoms with Crippen molar-refractivity contribution in [2.24, 2.45) is 17.4 Å². The minimum atomic E-state index is -0.428. The number of nitrogen functional groups attached to an aromatic ring is 1. The molecule has 1 saturated carbocycles. The van der Waals surface area contributed by atoms with Gasteiger partial charge in [-0.25, -0.2) is 4.79 Å². The molecule has 1 aliphatic carbocycles. The van der Waals surface area contributed by atoms with Gasteiger partial charge in [-0.1, -0.05) is 50.2 Å². The van der Waals surface area contributed by atoms with Gasteiger partial charge in [-0.2, -0.15) is 0 Å². The summed E-state index contributed by atoms with van der Waals surface area (Å²) in [5, 5.41) is 13.2. The third-order valence-electron chi connectivity index (χ3n) is 7.99. The van der Waals surface area contributed by atoms with Gasteiger partial charge in [0.05, 0.1) is 12.2 Å². The summed E-state index contributed by atoms with van der Waals surface area (Å²) in [7, 11) is 0. The Kier molecular flexibility index (Phi) is 8.07. The number of hydrogen-bond acceptors (Lipinski definition) is 6. The van der Waals surface area contributed by atoms with Crippen LogP contribution < -0.4 is 21.7 Å². The Labute approximate surface area is 235 Å². The maximum Gasteiger partial charge on any atom is 0.338 e. The van der Waals surface area contributed by atoms with Gasteiger partial charge in [-0.3, -0.25) is 10.2 Å². The zero-order chi connectivity index (χ0) is 28.4. The molecule has 0 aromatic heterocycles. The smallest absolute Gasteiger partial charge is 0.338 e. The van der Waals surface area contributed by atoms with Crippen molar-refractivity contribution in [1.29, 1.82) is 5.41 Å². The molecule has 1 heterocycles.